The summed E-state index contributed by atoms with van der Waals surface area (Å²) >= 11 is 1.89. The lowest BCUT2D eigenvalue weighted by Crippen LogP contribution is -2.11. The molecule has 0 radical (unpaired) electrons. The number of halogens is 1. The molecule has 74 valence electrons. The summed E-state index contributed by atoms with van der Waals surface area (Å²) in [6.45, 7) is 0. The van der Waals surface area contributed by atoms with Gasteiger partial charge in [-0.1, -0.05) is 6.07 Å². The molecule has 0 atom stereocenters. The van der Waals surface area contributed by atoms with Crippen molar-refractivity contribution in [3.8, 4) is 0 Å². The van der Waals surface area contributed by atoms with Crippen molar-refractivity contribution in [1.29, 1.82) is 0 Å². The van der Waals surface area contributed by atoms with Crippen molar-refractivity contribution in [3.05, 3.63) is 30.1 Å². The Hall–Kier alpha value is -0.980. The van der Waals surface area contributed by atoms with Gasteiger partial charge in [-0.05, 0) is 34.7 Å². The lowest BCUT2D eigenvalue weighted by molar-refractivity contribution is -0.139. The molecule has 0 aromatic carbocycles. The number of Topliss-reactive ketones (excluding diaryl/α,β-unsaturated/α-hetero) is 1. The van der Waals surface area contributed by atoms with Gasteiger partial charge in [0.15, 0.2) is 5.78 Å². The summed E-state index contributed by atoms with van der Waals surface area (Å²) in [5.74, 6) is -0.837. The summed E-state index contributed by atoms with van der Waals surface area (Å²) in [5.41, 5.74) is 0.290. The molecule has 0 aliphatic carbocycles. The fourth-order valence-electron chi connectivity index (χ4n) is 0.861. The van der Waals surface area contributed by atoms with Crippen molar-refractivity contribution < 1.29 is 14.3 Å². The highest BCUT2D eigenvalue weighted by Gasteiger charge is 2.12. The van der Waals surface area contributed by atoms with Crippen molar-refractivity contribution in [2.75, 3.05) is 4.61 Å². The number of carbonyl (C=O) groups is 2. The predicted molar refractivity (Wildman–Crippen MR) is 58.2 cm³/mol. The maximum absolute atomic E-state index is 11.4. The number of ketones is 1. The first-order valence-electron chi connectivity index (χ1n) is 3.90. The molecule has 0 fully saturated rings. The fourth-order valence-corrected chi connectivity index (χ4v) is 1.21. The second-order valence-corrected chi connectivity index (χ2v) is 3.06. The maximum Gasteiger partial charge on any atom is 0.314 e. The van der Waals surface area contributed by atoms with E-state index in [1.807, 2.05) is 22.6 Å². The lowest BCUT2D eigenvalue weighted by atomic mass is 10.2. The molecule has 5 heteroatoms. The Morgan fingerprint density at radius 2 is 2.21 bits per heavy atom. The van der Waals surface area contributed by atoms with Crippen LogP contribution < -0.4 is 0 Å². The third-order valence-corrected chi connectivity index (χ3v) is 1.78. The van der Waals surface area contributed by atoms with Gasteiger partial charge in [-0.15, -0.1) is 0 Å². The Bertz CT molecular complexity index is 326. The SMILES string of the molecule is O=C(CC(=O)c1ccccn1)OCI. The minimum absolute atomic E-state index is 0.250. The Morgan fingerprint density at radius 1 is 1.43 bits per heavy atom. The molecular weight excluding hydrogens is 297 g/mol. The summed E-state index contributed by atoms with van der Waals surface area (Å²) in [5, 5.41) is 0. The van der Waals surface area contributed by atoms with Crippen LogP contribution in [-0.4, -0.2) is 21.4 Å². The standard InChI is InChI=1S/C9H8INO3/c10-6-14-9(13)5-8(12)7-3-1-2-4-11-7/h1-4H,5-6H2. The Labute approximate surface area is 94.8 Å². The van der Waals surface area contributed by atoms with Crippen molar-refractivity contribution in [2.24, 2.45) is 0 Å². The number of carbonyl (C=O) groups excluding carboxylic acids is 2. The fraction of sp³-hybridized carbons (Fsp3) is 0.222. The van der Waals surface area contributed by atoms with Crippen LogP contribution in [0.4, 0.5) is 0 Å². The van der Waals surface area contributed by atoms with E-state index in [1.165, 1.54) is 6.20 Å². The largest absolute Gasteiger partial charge is 0.455 e. The van der Waals surface area contributed by atoms with Crippen LogP contribution in [0.25, 0.3) is 0 Å². The number of aromatic nitrogens is 1. The highest BCUT2D eigenvalue weighted by molar-refractivity contribution is 14.1. The third-order valence-electron chi connectivity index (χ3n) is 1.47. The Morgan fingerprint density at radius 3 is 2.79 bits per heavy atom. The molecule has 1 rings (SSSR count). The number of esters is 1. The van der Waals surface area contributed by atoms with Gasteiger partial charge in [0, 0.05) is 6.20 Å². The maximum atomic E-state index is 11.4. The lowest BCUT2D eigenvalue weighted by Gasteiger charge is -1.99. The van der Waals surface area contributed by atoms with Gasteiger partial charge in [0.05, 0.1) is 0 Å². The molecule has 1 aromatic heterocycles. The zero-order valence-corrected chi connectivity index (χ0v) is 9.43. The molecule has 0 amide bonds. The van der Waals surface area contributed by atoms with Crippen molar-refractivity contribution in [3.63, 3.8) is 0 Å². The molecule has 0 unspecified atom stereocenters. The Kier molecular flexibility index (Phi) is 4.51. The second kappa shape index (κ2) is 5.69. The zero-order chi connectivity index (χ0) is 10.4. The molecule has 4 nitrogen and oxygen atoms in total. The second-order valence-electron chi connectivity index (χ2n) is 2.44. The average molecular weight is 305 g/mol. The number of pyridine rings is 1. The molecule has 0 aliphatic heterocycles. The van der Waals surface area contributed by atoms with Crippen LogP contribution in [0.2, 0.25) is 0 Å². The molecular formula is C9H8INO3. The van der Waals surface area contributed by atoms with Crippen LogP contribution in [-0.2, 0) is 9.53 Å². The highest BCUT2D eigenvalue weighted by atomic mass is 127. The van der Waals surface area contributed by atoms with Gasteiger partial charge in [-0.2, -0.15) is 0 Å². The van der Waals surface area contributed by atoms with Crippen molar-refractivity contribution in [2.45, 2.75) is 6.42 Å². The van der Waals surface area contributed by atoms with E-state index in [4.69, 9.17) is 0 Å². The van der Waals surface area contributed by atoms with Crippen LogP contribution in [0.3, 0.4) is 0 Å². The smallest absolute Gasteiger partial charge is 0.314 e. The minimum Gasteiger partial charge on any atom is -0.455 e. The van der Waals surface area contributed by atoms with E-state index < -0.39 is 5.97 Å². The van der Waals surface area contributed by atoms with Crippen molar-refractivity contribution >= 4 is 34.3 Å². The topological polar surface area (TPSA) is 56.3 Å². The molecule has 0 N–H and O–H groups in total. The number of ether oxygens (including phenoxy) is 1. The van der Waals surface area contributed by atoms with Gasteiger partial charge in [0.2, 0.25) is 0 Å². The molecule has 0 saturated carbocycles. The van der Waals surface area contributed by atoms with Gasteiger partial charge in [-0.3, -0.25) is 14.6 Å². The minimum atomic E-state index is -0.518. The average Bonchev–Trinajstić information content (AvgIpc) is 2.19. The summed E-state index contributed by atoms with van der Waals surface area (Å²) in [6.07, 6.45) is 1.26. The molecule has 0 saturated heterocycles. The first-order chi connectivity index (χ1) is 6.74. The van der Waals surface area contributed by atoms with Gasteiger partial charge in [-0.25, -0.2) is 0 Å². The number of nitrogens with zero attached hydrogens (tertiary/aromatic N) is 1. The number of hydrogen-bond donors (Lipinski definition) is 0. The summed E-state index contributed by atoms with van der Waals surface area (Å²) < 4.78 is 4.89. The molecule has 1 aromatic rings. The van der Waals surface area contributed by atoms with Gasteiger partial charge < -0.3 is 4.74 Å². The predicted octanol–water partition coefficient (Wildman–Crippen LogP) is 1.59. The zero-order valence-electron chi connectivity index (χ0n) is 7.27. The first-order valence-corrected chi connectivity index (χ1v) is 5.42. The number of rotatable bonds is 4. The third kappa shape index (κ3) is 3.41. The molecule has 0 spiro atoms. The first kappa shape index (κ1) is 11.1. The van der Waals surface area contributed by atoms with E-state index in [1.54, 1.807) is 18.2 Å². The van der Waals surface area contributed by atoms with Crippen LogP contribution in [0.5, 0.6) is 0 Å². The van der Waals surface area contributed by atoms with Gasteiger partial charge >= 0.3 is 5.97 Å². The Balaban J connectivity index is 2.55. The highest BCUT2D eigenvalue weighted by Crippen LogP contribution is 2.00. The summed E-state index contributed by atoms with van der Waals surface area (Å²) in [6, 6.07) is 4.98. The van der Waals surface area contributed by atoms with Crippen LogP contribution in [0.1, 0.15) is 16.9 Å². The molecule has 14 heavy (non-hydrogen) atoms. The molecule has 0 aliphatic rings. The summed E-state index contributed by atoms with van der Waals surface area (Å²) in [4.78, 5) is 26.1. The monoisotopic (exact) mass is 305 g/mol. The van der Waals surface area contributed by atoms with Crippen LogP contribution in [0, 0.1) is 0 Å². The van der Waals surface area contributed by atoms with Gasteiger partial charge in [0.1, 0.15) is 16.7 Å². The van der Waals surface area contributed by atoms with E-state index in [9.17, 15) is 9.59 Å². The number of alkyl halides is 1. The van der Waals surface area contributed by atoms with E-state index >= 15 is 0 Å². The quantitative estimate of drug-likeness (QED) is 0.279. The van der Waals surface area contributed by atoms with E-state index in [-0.39, 0.29) is 22.5 Å². The normalized spacial score (nSPS) is 9.50. The number of hydrogen-bond acceptors (Lipinski definition) is 4. The molecule has 1 heterocycles. The summed E-state index contributed by atoms with van der Waals surface area (Å²) in [7, 11) is 0. The van der Waals surface area contributed by atoms with E-state index in [0.29, 0.717) is 0 Å². The molecule has 0 bridgehead atoms. The van der Waals surface area contributed by atoms with Gasteiger partial charge in [0.25, 0.3) is 0 Å². The van der Waals surface area contributed by atoms with E-state index in [0.717, 1.165) is 0 Å². The van der Waals surface area contributed by atoms with E-state index in [2.05, 4.69) is 9.72 Å². The van der Waals surface area contributed by atoms with Crippen LogP contribution in [0.15, 0.2) is 24.4 Å². The van der Waals surface area contributed by atoms with Crippen LogP contribution >= 0.6 is 22.6 Å². The van der Waals surface area contributed by atoms with Crippen molar-refractivity contribution in [1.82, 2.24) is 4.98 Å².